The molecule has 0 spiro atoms. The molecule has 30 heavy (non-hydrogen) atoms. The fraction of sp³-hybridized carbons (Fsp3) is 0.0952. The number of halogens is 5. The molecule has 1 heterocycles. The zero-order valence-corrected chi connectivity index (χ0v) is 20.7. The molecule has 0 N–H and O–H groups in total. The quantitative estimate of drug-likeness (QED) is 0.257. The van der Waals surface area contributed by atoms with Crippen LogP contribution in [0.25, 0.3) is 0 Å². The first kappa shape index (κ1) is 28.9. The largest absolute Gasteiger partial charge is 2.00 e. The molecule has 0 atom stereocenters. The minimum atomic E-state index is 0. The third kappa shape index (κ3) is 8.56. The van der Waals surface area contributed by atoms with Crippen molar-refractivity contribution in [1.82, 2.24) is 4.98 Å². The van der Waals surface area contributed by atoms with Crippen molar-refractivity contribution in [3.05, 3.63) is 86.6 Å². The Morgan fingerprint density at radius 3 is 1.77 bits per heavy atom. The van der Waals surface area contributed by atoms with Crippen molar-refractivity contribution >= 4 is 69.7 Å². The van der Waals surface area contributed by atoms with E-state index in [0.717, 1.165) is 11.3 Å². The molecule has 0 amide bonds. The molecule has 0 radical (unpaired) electrons. The molecule has 0 aliphatic rings. The summed E-state index contributed by atoms with van der Waals surface area (Å²) in [5.74, 6) is 0. The van der Waals surface area contributed by atoms with Gasteiger partial charge in [-0.25, -0.2) is 4.99 Å². The van der Waals surface area contributed by atoms with Crippen LogP contribution in [0.2, 0.25) is 20.1 Å². The van der Waals surface area contributed by atoms with Gasteiger partial charge >= 0.3 is 17.1 Å². The van der Waals surface area contributed by atoms with Crippen LogP contribution in [0.5, 0.6) is 0 Å². The van der Waals surface area contributed by atoms with E-state index in [9.17, 15) is 0 Å². The van der Waals surface area contributed by atoms with E-state index >= 15 is 0 Å². The number of para-hydroxylation sites is 2. The van der Waals surface area contributed by atoms with E-state index in [1.165, 1.54) is 0 Å². The molecule has 0 bridgehead atoms. The van der Waals surface area contributed by atoms with Crippen molar-refractivity contribution in [1.29, 1.82) is 0 Å². The summed E-state index contributed by atoms with van der Waals surface area (Å²) in [4.78, 5) is 12.4. The van der Waals surface area contributed by atoms with Gasteiger partial charge in [0.15, 0.2) is 0 Å². The van der Waals surface area contributed by atoms with Crippen LogP contribution in [0.1, 0.15) is 19.4 Å². The smallest absolute Gasteiger partial charge is 1.00 e. The van der Waals surface area contributed by atoms with E-state index in [2.05, 4.69) is 21.2 Å². The maximum absolute atomic E-state index is 6.05. The van der Waals surface area contributed by atoms with Crippen LogP contribution >= 0.6 is 46.4 Å². The van der Waals surface area contributed by atoms with Gasteiger partial charge in [-0.15, -0.1) is 30.1 Å². The van der Waals surface area contributed by atoms with E-state index in [-0.39, 0.29) is 29.5 Å². The molecule has 0 aliphatic carbocycles. The first-order valence-electron chi connectivity index (χ1n) is 8.15. The zero-order chi connectivity index (χ0) is 20.5. The Hall–Kier alpha value is -1.10. The number of aromatic nitrogens is 1. The third-order valence-corrected chi connectivity index (χ3v) is 4.68. The fourth-order valence-electron chi connectivity index (χ4n) is 2.11. The second-order valence-corrected chi connectivity index (χ2v) is 7.04. The topological polar surface area (TPSA) is 37.6 Å². The molecule has 1 aromatic heterocycles. The van der Waals surface area contributed by atoms with Crippen LogP contribution in [-0.2, 0) is 17.1 Å². The second-order valence-electron chi connectivity index (χ2n) is 5.41. The molecule has 0 unspecified atom stereocenters. The van der Waals surface area contributed by atoms with Gasteiger partial charge in [0.2, 0.25) is 0 Å². The van der Waals surface area contributed by atoms with Crippen molar-refractivity contribution in [2.24, 2.45) is 9.98 Å². The van der Waals surface area contributed by atoms with Crippen molar-refractivity contribution in [3.63, 3.8) is 0 Å². The Labute approximate surface area is 213 Å². The molecule has 0 saturated heterocycles. The predicted octanol–water partition coefficient (Wildman–Crippen LogP) is 5.12. The molecule has 3 nitrogen and oxygen atoms in total. The van der Waals surface area contributed by atoms with Gasteiger partial charge in [0.25, 0.3) is 0 Å². The van der Waals surface area contributed by atoms with Gasteiger partial charge in [0.1, 0.15) is 5.69 Å². The van der Waals surface area contributed by atoms with E-state index in [1.807, 2.05) is 19.1 Å². The maximum Gasteiger partial charge on any atom is 2.00 e. The molecule has 0 saturated carbocycles. The number of aliphatic imine (C=N–C) groups is 2. The van der Waals surface area contributed by atoms with Gasteiger partial charge in [-0.3, -0.25) is 4.98 Å². The Morgan fingerprint density at radius 1 is 0.833 bits per heavy atom. The summed E-state index contributed by atoms with van der Waals surface area (Å²) >= 11 is 23.7. The van der Waals surface area contributed by atoms with E-state index in [4.69, 9.17) is 46.4 Å². The zero-order valence-electron chi connectivity index (χ0n) is 15.9. The Balaban J connectivity index is 0.000000569. The van der Waals surface area contributed by atoms with Crippen molar-refractivity contribution in [2.45, 2.75) is 13.8 Å². The minimum absolute atomic E-state index is 0. The van der Waals surface area contributed by atoms with Crippen LogP contribution in [0.4, 0.5) is 11.4 Å². The second kappa shape index (κ2) is 14.8. The fourth-order valence-corrected chi connectivity index (χ4v) is 3.08. The monoisotopic (exact) mass is 541 g/mol. The minimum Gasteiger partial charge on any atom is -1.00 e. The average Bonchev–Trinajstić information content (AvgIpc) is 2.69. The molecule has 9 heteroatoms. The molecule has 158 valence electrons. The first-order valence-corrected chi connectivity index (χ1v) is 9.66. The molecular weight excluding hydrogens is 527 g/mol. The summed E-state index contributed by atoms with van der Waals surface area (Å²) < 4.78 is 0. The van der Waals surface area contributed by atoms with E-state index in [0.29, 0.717) is 31.5 Å². The van der Waals surface area contributed by atoms with Crippen LogP contribution in [0, 0.1) is 0 Å². The number of hydrogen-bond donors (Lipinski definition) is 0. The van der Waals surface area contributed by atoms with Gasteiger partial charge in [0, 0.05) is 23.7 Å². The Morgan fingerprint density at radius 2 is 1.33 bits per heavy atom. The Kier molecular flexibility index (Phi) is 14.3. The molecular formula is C21H16Cl5FeN3. The van der Waals surface area contributed by atoms with Crippen LogP contribution in [-0.4, -0.2) is 16.9 Å². The molecule has 0 aliphatic heterocycles. The van der Waals surface area contributed by atoms with Gasteiger partial charge in [0.05, 0.1) is 10.0 Å². The van der Waals surface area contributed by atoms with Gasteiger partial charge in [-0.1, -0.05) is 59.2 Å². The molecule has 0 fully saturated rings. The summed E-state index contributed by atoms with van der Waals surface area (Å²) in [6.45, 7) is 3.59. The van der Waals surface area contributed by atoms with Crippen LogP contribution in [0.15, 0.2) is 70.9 Å². The summed E-state index contributed by atoms with van der Waals surface area (Å²) in [5, 5.41) is 2.18. The standard InChI is InChI=1S/C13H10Cl2N2.C8H6Cl2N.ClH.Fe/c1-9(10-4-3-7-16-8-10)17-13-11(14)5-2-6-12(13)15;1-2-11-8-6(9)4-3-5-7(8)10;;/h2-8H,1H3;3-5H,1H3;1H;/q;-1;;+2/p-1. The van der Waals surface area contributed by atoms with Crippen LogP contribution < -0.4 is 12.4 Å². The number of rotatable bonds is 3. The summed E-state index contributed by atoms with van der Waals surface area (Å²) in [7, 11) is 0. The summed E-state index contributed by atoms with van der Waals surface area (Å²) in [5.41, 5.74) is 2.95. The average molecular weight is 543 g/mol. The van der Waals surface area contributed by atoms with E-state index in [1.54, 1.807) is 55.7 Å². The molecule has 3 aromatic rings. The van der Waals surface area contributed by atoms with Gasteiger partial charge in [-0.05, 0) is 35.2 Å². The van der Waals surface area contributed by atoms with Crippen LogP contribution in [0.3, 0.4) is 0 Å². The maximum atomic E-state index is 6.05. The number of pyridine rings is 1. The SMILES string of the molecule is CC(=Nc1c(Cl)cccc1Cl)c1cccnc1.C[C-]=Nc1c(Cl)cccc1Cl.[Cl-].[Fe+2]. The summed E-state index contributed by atoms with van der Waals surface area (Å²) in [6, 6.07) is 14.4. The van der Waals surface area contributed by atoms with Gasteiger partial charge < -0.3 is 17.4 Å². The van der Waals surface area contributed by atoms with Crippen molar-refractivity contribution < 1.29 is 29.5 Å². The first-order chi connectivity index (χ1) is 13.4. The molecule has 2 aromatic carbocycles. The number of benzene rings is 2. The number of hydrogen-bond acceptors (Lipinski definition) is 3. The van der Waals surface area contributed by atoms with E-state index < -0.39 is 0 Å². The van der Waals surface area contributed by atoms with Gasteiger partial charge in [-0.2, -0.15) is 6.21 Å². The number of nitrogens with zero attached hydrogens (tertiary/aromatic N) is 3. The molecule has 3 rings (SSSR count). The van der Waals surface area contributed by atoms with Crippen molar-refractivity contribution in [2.75, 3.05) is 0 Å². The third-order valence-electron chi connectivity index (χ3n) is 3.46. The van der Waals surface area contributed by atoms with Crippen molar-refractivity contribution in [3.8, 4) is 0 Å². The normalized spacial score (nSPS) is 10.5. The predicted molar refractivity (Wildman–Crippen MR) is 122 cm³/mol. The summed E-state index contributed by atoms with van der Waals surface area (Å²) in [6.07, 6.45) is 6.10. The Bertz CT molecular complexity index is 955.